The van der Waals surface area contributed by atoms with E-state index in [1.54, 1.807) is 12.1 Å². The molecule has 0 bridgehead atoms. The van der Waals surface area contributed by atoms with Crippen molar-refractivity contribution in [3.05, 3.63) is 35.4 Å². The number of rotatable bonds is 7. The highest BCUT2D eigenvalue weighted by molar-refractivity contribution is 7.89. The standard InChI is InChI=1S/C14H19NO5S/c16-14(17)13-3-1-11(2-4-13)5-7-15-21(18,19)10-12-6-8-20-9-12/h1-4,12,15H,5-10H2,(H,16,17). The van der Waals surface area contributed by atoms with Crippen LogP contribution >= 0.6 is 0 Å². The molecule has 0 radical (unpaired) electrons. The van der Waals surface area contributed by atoms with Crippen LogP contribution in [0.2, 0.25) is 0 Å². The third-order valence-electron chi connectivity index (χ3n) is 3.42. The Kier molecular flexibility index (Phi) is 5.33. The predicted octanol–water partition coefficient (Wildman–Crippen LogP) is 0.883. The molecule has 0 aliphatic carbocycles. The first kappa shape index (κ1) is 15.9. The summed E-state index contributed by atoms with van der Waals surface area (Å²) < 4.78 is 31.5. The first-order valence-electron chi connectivity index (χ1n) is 6.83. The van der Waals surface area contributed by atoms with E-state index in [2.05, 4.69) is 4.72 Å². The van der Waals surface area contributed by atoms with Gasteiger partial charge in [-0.3, -0.25) is 0 Å². The Morgan fingerprint density at radius 1 is 1.33 bits per heavy atom. The van der Waals surface area contributed by atoms with Crippen molar-refractivity contribution in [2.24, 2.45) is 5.92 Å². The van der Waals surface area contributed by atoms with Crippen molar-refractivity contribution in [3.8, 4) is 0 Å². The summed E-state index contributed by atoms with van der Waals surface area (Å²) in [5.74, 6) is -0.788. The maximum atomic E-state index is 11.9. The Morgan fingerprint density at radius 3 is 2.62 bits per heavy atom. The first-order valence-corrected chi connectivity index (χ1v) is 8.49. The van der Waals surface area contributed by atoms with Crippen LogP contribution in [0.25, 0.3) is 0 Å². The normalized spacial score (nSPS) is 18.8. The van der Waals surface area contributed by atoms with Crippen molar-refractivity contribution >= 4 is 16.0 Å². The number of benzene rings is 1. The molecule has 2 N–H and O–H groups in total. The highest BCUT2D eigenvalue weighted by atomic mass is 32.2. The number of carboxylic acids is 1. The van der Waals surface area contributed by atoms with E-state index in [0.717, 1.165) is 12.0 Å². The van der Waals surface area contributed by atoms with Gasteiger partial charge < -0.3 is 9.84 Å². The number of carbonyl (C=O) groups is 1. The van der Waals surface area contributed by atoms with Crippen molar-refractivity contribution in [2.45, 2.75) is 12.8 Å². The highest BCUT2D eigenvalue weighted by Gasteiger charge is 2.22. The molecule has 0 aromatic heterocycles. The van der Waals surface area contributed by atoms with Gasteiger partial charge in [0.2, 0.25) is 10.0 Å². The average Bonchev–Trinajstić information content (AvgIpc) is 2.91. The summed E-state index contributed by atoms with van der Waals surface area (Å²) in [6, 6.07) is 6.43. The lowest BCUT2D eigenvalue weighted by Gasteiger charge is -2.10. The Bertz CT molecular complexity index is 576. The van der Waals surface area contributed by atoms with E-state index in [-0.39, 0.29) is 17.2 Å². The maximum absolute atomic E-state index is 11.9. The molecule has 116 valence electrons. The van der Waals surface area contributed by atoms with Gasteiger partial charge in [0, 0.05) is 13.2 Å². The van der Waals surface area contributed by atoms with Gasteiger partial charge in [-0.05, 0) is 36.5 Å². The van der Waals surface area contributed by atoms with E-state index < -0.39 is 16.0 Å². The summed E-state index contributed by atoms with van der Waals surface area (Å²) in [4.78, 5) is 10.7. The fourth-order valence-electron chi connectivity index (χ4n) is 2.25. The van der Waals surface area contributed by atoms with Gasteiger partial charge >= 0.3 is 5.97 Å². The molecule has 1 heterocycles. The summed E-state index contributed by atoms with van der Waals surface area (Å²) in [5, 5.41) is 8.79. The molecule has 0 saturated carbocycles. The second-order valence-corrected chi connectivity index (χ2v) is 7.01. The van der Waals surface area contributed by atoms with Crippen LogP contribution in [-0.2, 0) is 21.2 Å². The molecule has 2 rings (SSSR count). The van der Waals surface area contributed by atoms with Gasteiger partial charge in [0.25, 0.3) is 0 Å². The number of sulfonamides is 1. The third kappa shape index (κ3) is 5.11. The average molecular weight is 313 g/mol. The second-order valence-electron chi connectivity index (χ2n) is 5.16. The maximum Gasteiger partial charge on any atom is 0.335 e. The summed E-state index contributed by atoms with van der Waals surface area (Å²) in [6.45, 7) is 1.45. The molecule has 6 nitrogen and oxygen atoms in total. The van der Waals surface area contributed by atoms with E-state index in [1.807, 2.05) is 0 Å². The zero-order valence-corrected chi connectivity index (χ0v) is 12.4. The van der Waals surface area contributed by atoms with Crippen molar-refractivity contribution in [1.29, 1.82) is 0 Å². The number of hydrogen-bond donors (Lipinski definition) is 2. The van der Waals surface area contributed by atoms with E-state index in [4.69, 9.17) is 9.84 Å². The predicted molar refractivity (Wildman–Crippen MR) is 77.8 cm³/mol. The SMILES string of the molecule is O=C(O)c1ccc(CCNS(=O)(=O)CC2CCOC2)cc1. The molecule has 1 aromatic rings. The second kappa shape index (κ2) is 7.02. The number of aromatic carboxylic acids is 1. The molecule has 1 unspecified atom stereocenters. The fraction of sp³-hybridized carbons (Fsp3) is 0.500. The fourth-order valence-corrected chi connectivity index (χ4v) is 3.66. The van der Waals surface area contributed by atoms with E-state index in [1.165, 1.54) is 12.1 Å². The summed E-state index contributed by atoms with van der Waals surface area (Å²) in [6.07, 6.45) is 1.32. The van der Waals surface area contributed by atoms with Crippen molar-refractivity contribution in [1.82, 2.24) is 4.72 Å². The molecule has 1 aliphatic heterocycles. The Labute approximate surface area is 124 Å². The minimum absolute atomic E-state index is 0.0809. The molecule has 1 aromatic carbocycles. The quantitative estimate of drug-likeness (QED) is 0.779. The lowest BCUT2D eigenvalue weighted by molar-refractivity contribution is 0.0697. The zero-order chi connectivity index (χ0) is 15.3. The van der Waals surface area contributed by atoms with Gasteiger partial charge in [-0.25, -0.2) is 17.9 Å². The Morgan fingerprint density at radius 2 is 2.05 bits per heavy atom. The molecule has 1 saturated heterocycles. The number of ether oxygens (including phenoxy) is 1. The lowest BCUT2D eigenvalue weighted by atomic mass is 10.1. The monoisotopic (exact) mass is 313 g/mol. The van der Waals surface area contributed by atoms with Crippen LogP contribution in [0.5, 0.6) is 0 Å². The van der Waals surface area contributed by atoms with Crippen LogP contribution in [0.3, 0.4) is 0 Å². The molecule has 0 spiro atoms. The molecular weight excluding hydrogens is 294 g/mol. The van der Waals surface area contributed by atoms with Crippen LogP contribution in [-0.4, -0.2) is 45.0 Å². The first-order chi connectivity index (χ1) is 9.96. The molecule has 0 amide bonds. The lowest BCUT2D eigenvalue weighted by Crippen LogP contribution is -2.31. The van der Waals surface area contributed by atoms with Crippen molar-refractivity contribution in [2.75, 3.05) is 25.5 Å². The Balaban J connectivity index is 1.78. The van der Waals surface area contributed by atoms with E-state index >= 15 is 0 Å². The Hall–Kier alpha value is -1.44. The molecule has 1 atom stereocenters. The number of carboxylic acid groups (broad SMARTS) is 1. The van der Waals surface area contributed by atoms with Gasteiger partial charge in [0.1, 0.15) is 0 Å². The zero-order valence-electron chi connectivity index (χ0n) is 11.6. The molecule has 1 aliphatic rings. The summed E-state index contributed by atoms with van der Waals surface area (Å²) in [5.41, 5.74) is 1.12. The van der Waals surface area contributed by atoms with Gasteiger partial charge in [-0.1, -0.05) is 12.1 Å². The van der Waals surface area contributed by atoms with Crippen LogP contribution in [0.15, 0.2) is 24.3 Å². The smallest absolute Gasteiger partial charge is 0.335 e. The third-order valence-corrected chi connectivity index (χ3v) is 4.97. The van der Waals surface area contributed by atoms with Crippen LogP contribution in [0.4, 0.5) is 0 Å². The molecule has 1 fully saturated rings. The molecule has 21 heavy (non-hydrogen) atoms. The topological polar surface area (TPSA) is 92.7 Å². The van der Waals surface area contributed by atoms with Gasteiger partial charge in [-0.15, -0.1) is 0 Å². The molecular formula is C14H19NO5S. The summed E-state index contributed by atoms with van der Waals surface area (Å²) >= 11 is 0. The van der Waals surface area contributed by atoms with Crippen LogP contribution < -0.4 is 4.72 Å². The summed E-state index contributed by atoms with van der Waals surface area (Å²) in [7, 11) is -3.28. The minimum Gasteiger partial charge on any atom is -0.478 e. The van der Waals surface area contributed by atoms with Crippen LogP contribution in [0.1, 0.15) is 22.3 Å². The minimum atomic E-state index is -3.28. The van der Waals surface area contributed by atoms with Crippen molar-refractivity contribution < 1.29 is 23.1 Å². The van der Waals surface area contributed by atoms with Gasteiger partial charge in [-0.2, -0.15) is 0 Å². The number of hydrogen-bond acceptors (Lipinski definition) is 4. The van der Waals surface area contributed by atoms with Gasteiger partial charge in [0.15, 0.2) is 0 Å². The van der Waals surface area contributed by atoms with Gasteiger partial charge in [0.05, 0.1) is 17.9 Å². The van der Waals surface area contributed by atoms with Crippen LogP contribution in [0, 0.1) is 5.92 Å². The highest BCUT2D eigenvalue weighted by Crippen LogP contribution is 2.14. The van der Waals surface area contributed by atoms with Crippen molar-refractivity contribution in [3.63, 3.8) is 0 Å². The van der Waals surface area contributed by atoms with E-state index in [0.29, 0.717) is 26.2 Å². The van der Waals surface area contributed by atoms with E-state index in [9.17, 15) is 13.2 Å². The molecule has 7 heteroatoms. The number of nitrogens with one attached hydrogen (secondary N) is 1. The largest absolute Gasteiger partial charge is 0.478 e.